The second-order valence-corrected chi connectivity index (χ2v) is 3.93. The zero-order valence-corrected chi connectivity index (χ0v) is 9.41. The number of aldehydes is 1. The second-order valence-electron chi connectivity index (χ2n) is 3.07. The maximum absolute atomic E-state index is 10.5. The van der Waals surface area contributed by atoms with Crippen LogP contribution in [0.15, 0.2) is 10.7 Å². The van der Waals surface area contributed by atoms with E-state index in [1.165, 1.54) is 0 Å². The van der Waals surface area contributed by atoms with Gasteiger partial charge in [-0.05, 0) is 29.3 Å². The summed E-state index contributed by atoms with van der Waals surface area (Å²) in [6, 6.07) is 0. The fraction of sp³-hybridized carbons (Fsp3) is 0.556. The molecular formula is C9H13BrN2O. The summed E-state index contributed by atoms with van der Waals surface area (Å²) in [6.07, 6.45) is 3.49. The first-order valence-corrected chi connectivity index (χ1v) is 5.13. The standard InChI is InChI=1S/C9H13BrN2O/c1-3-12-9(4-7(2)6-13)8(10)5-11-12/h5-7H,3-4H2,1-2H3. The van der Waals surface area contributed by atoms with Crippen molar-refractivity contribution in [2.45, 2.75) is 26.8 Å². The third-order valence-electron chi connectivity index (χ3n) is 1.94. The largest absolute Gasteiger partial charge is 0.303 e. The molecular weight excluding hydrogens is 232 g/mol. The maximum Gasteiger partial charge on any atom is 0.123 e. The Labute approximate surface area is 86.3 Å². The number of aryl methyl sites for hydroxylation is 1. The van der Waals surface area contributed by atoms with E-state index < -0.39 is 0 Å². The highest BCUT2D eigenvalue weighted by molar-refractivity contribution is 9.10. The van der Waals surface area contributed by atoms with Crippen molar-refractivity contribution in [2.24, 2.45) is 5.92 Å². The Balaban J connectivity index is 2.84. The molecule has 3 nitrogen and oxygen atoms in total. The molecule has 1 rings (SSSR count). The fourth-order valence-corrected chi connectivity index (χ4v) is 1.67. The van der Waals surface area contributed by atoms with Gasteiger partial charge in [-0.3, -0.25) is 4.68 Å². The Morgan fingerprint density at radius 1 is 1.77 bits per heavy atom. The van der Waals surface area contributed by atoms with Gasteiger partial charge in [-0.15, -0.1) is 0 Å². The predicted octanol–water partition coefficient (Wildman–Crippen LogP) is 2.04. The van der Waals surface area contributed by atoms with E-state index in [2.05, 4.69) is 21.0 Å². The fourth-order valence-electron chi connectivity index (χ4n) is 1.22. The molecule has 1 unspecified atom stereocenters. The zero-order chi connectivity index (χ0) is 9.84. The maximum atomic E-state index is 10.5. The third kappa shape index (κ3) is 2.40. The number of carbonyl (C=O) groups excluding carboxylic acids is 1. The van der Waals surface area contributed by atoms with Crippen molar-refractivity contribution < 1.29 is 4.79 Å². The summed E-state index contributed by atoms with van der Waals surface area (Å²) < 4.78 is 2.90. The van der Waals surface area contributed by atoms with Gasteiger partial charge in [0.1, 0.15) is 6.29 Å². The summed E-state index contributed by atoms with van der Waals surface area (Å²) in [5, 5.41) is 4.18. The summed E-state index contributed by atoms with van der Waals surface area (Å²) >= 11 is 3.42. The lowest BCUT2D eigenvalue weighted by atomic mass is 10.1. The number of aromatic nitrogens is 2. The van der Waals surface area contributed by atoms with Gasteiger partial charge in [0.05, 0.1) is 16.4 Å². The Kier molecular flexibility index (Phi) is 3.66. The van der Waals surface area contributed by atoms with Gasteiger partial charge in [0.2, 0.25) is 0 Å². The number of carbonyl (C=O) groups is 1. The van der Waals surface area contributed by atoms with Gasteiger partial charge in [-0.1, -0.05) is 6.92 Å². The highest BCUT2D eigenvalue weighted by atomic mass is 79.9. The molecule has 72 valence electrons. The smallest absolute Gasteiger partial charge is 0.123 e. The van der Waals surface area contributed by atoms with Gasteiger partial charge >= 0.3 is 0 Å². The molecule has 0 radical (unpaired) electrons. The molecule has 0 aromatic carbocycles. The second kappa shape index (κ2) is 4.56. The molecule has 0 amide bonds. The summed E-state index contributed by atoms with van der Waals surface area (Å²) in [7, 11) is 0. The van der Waals surface area contributed by atoms with Crippen LogP contribution in [-0.4, -0.2) is 16.1 Å². The van der Waals surface area contributed by atoms with Crippen LogP contribution in [0.1, 0.15) is 19.5 Å². The van der Waals surface area contributed by atoms with E-state index in [1.807, 2.05) is 18.5 Å². The summed E-state index contributed by atoms with van der Waals surface area (Å²) in [5.74, 6) is 0.0540. The molecule has 0 bridgehead atoms. The van der Waals surface area contributed by atoms with E-state index in [-0.39, 0.29) is 5.92 Å². The molecule has 0 spiro atoms. The summed E-state index contributed by atoms with van der Waals surface area (Å²) in [6.45, 7) is 4.79. The van der Waals surface area contributed by atoms with Crippen LogP contribution in [-0.2, 0) is 17.8 Å². The van der Waals surface area contributed by atoms with Gasteiger partial charge in [0.15, 0.2) is 0 Å². The molecule has 1 aromatic rings. The molecule has 1 heterocycles. The van der Waals surface area contributed by atoms with Crippen molar-refractivity contribution in [1.29, 1.82) is 0 Å². The molecule has 0 saturated heterocycles. The minimum Gasteiger partial charge on any atom is -0.303 e. The van der Waals surface area contributed by atoms with Crippen LogP contribution in [0.2, 0.25) is 0 Å². The van der Waals surface area contributed by atoms with Crippen molar-refractivity contribution in [3.63, 3.8) is 0 Å². The number of nitrogens with zero attached hydrogens (tertiary/aromatic N) is 2. The van der Waals surface area contributed by atoms with Crippen LogP contribution < -0.4 is 0 Å². The third-order valence-corrected chi connectivity index (χ3v) is 2.61. The molecule has 0 aliphatic carbocycles. The lowest BCUT2D eigenvalue weighted by Crippen LogP contribution is -2.08. The van der Waals surface area contributed by atoms with Gasteiger partial charge < -0.3 is 4.79 Å². The van der Waals surface area contributed by atoms with Gasteiger partial charge in [0, 0.05) is 12.5 Å². The van der Waals surface area contributed by atoms with Crippen LogP contribution in [0.3, 0.4) is 0 Å². The van der Waals surface area contributed by atoms with E-state index in [4.69, 9.17) is 0 Å². The number of halogens is 1. The van der Waals surface area contributed by atoms with Crippen LogP contribution in [0.5, 0.6) is 0 Å². The van der Waals surface area contributed by atoms with Crippen LogP contribution >= 0.6 is 15.9 Å². The lowest BCUT2D eigenvalue weighted by molar-refractivity contribution is -0.110. The van der Waals surface area contributed by atoms with Crippen molar-refractivity contribution >= 4 is 22.2 Å². The first kappa shape index (κ1) is 10.4. The first-order valence-electron chi connectivity index (χ1n) is 4.34. The van der Waals surface area contributed by atoms with Gasteiger partial charge in [-0.2, -0.15) is 5.10 Å². The van der Waals surface area contributed by atoms with E-state index in [9.17, 15) is 4.79 Å². The minimum atomic E-state index is 0.0540. The minimum absolute atomic E-state index is 0.0540. The van der Waals surface area contributed by atoms with E-state index in [1.54, 1.807) is 6.20 Å². The van der Waals surface area contributed by atoms with Crippen LogP contribution in [0.4, 0.5) is 0 Å². The highest BCUT2D eigenvalue weighted by Gasteiger charge is 2.10. The zero-order valence-electron chi connectivity index (χ0n) is 7.83. The van der Waals surface area contributed by atoms with Gasteiger partial charge in [-0.25, -0.2) is 0 Å². The predicted molar refractivity (Wildman–Crippen MR) is 54.5 cm³/mol. The summed E-state index contributed by atoms with van der Waals surface area (Å²) in [5.41, 5.74) is 1.10. The molecule has 0 aliphatic rings. The van der Waals surface area contributed by atoms with Crippen molar-refractivity contribution in [3.05, 3.63) is 16.4 Å². The highest BCUT2D eigenvalue weighted by Crippen LogP contribution is 2.18. The van der Waals surface area contributed by atoms with E-state index >= 15 is 0 Å². The lowest BCUT2D eigenvalue weighted by Gasteiger charge is -2.06. The molecule has 0 saturated carbocycles. The molecule has 1 atom stereocenters. The average molecular weight is 245 g/mol. The first-order chi connectivity index (χ1) is 6.19. The molecule has 1 aromatic heterocycles. The topological polar surface area (TPSA) is 34.9 Å². The van der Waals surface area contributed by atoms with Crippen molar-refractivity contribution in [3.8, 4) is 0 Å². The van der Waals surface area contributed by atoms with Crippen molar-refractivity contribution in [1.82, 2.24) is 9.78 Å². The number of hydrogen-bond donors (Lipinski definition) is 0. The molecule has 0 N–H and O–H groups in total. The molecule has 0 fully saturated rings. The molecule has 0 aliphatic heterocycles. The average Bonchev–Trinajstić information content (AvgIpc) is 2.48. The van der Waals surface area contributed by atoms with Crippen LogP contribution in [0, 0.1) is 5.92 Å². The molecule has 4 heteroatoms. The Morgan fingerprint density at radius 2 is 2.46 bits per heavy atom. The Morgan fingerprint density at radius 3 is 3.00 bits per heavy atom. The Bertz CT molecular complexity index is 296. The van der Waals surface area contributed by atoms with E-state index in [0.29, 0.717) is 0 Å². The Hall–Kier alpha value is -0.640. The van der Waals surface area contributed by atoms with Crippen LogP contribution in [0.25, 0.3) is 0 Å². The normalized spacial score (nSPS) is 12.8. The van der Waals surface area contributed by atoms with Gasteiger partial charge in [0.25, 0.3) is 0 Å². The van der Waals surface area contributed by atoms with Crippen molar-refractivity contribution in [2.75, 3.05) is 0 Å². The monoisotopic (exact) mass is 244 g/mol. The number of hydrogen-bond acceptors (Lipinski definition) is 2. The van der Waals surface area contributed by atoms with E-state index in [0.717, 1.165) is 29.4 Å². The quantitative estimate of drug-likeness (QED) is 0.761. The number of rotatable bonds is 4. The molecule has 13 heavy (non-hydrogen) atoms. The summed E-state index contributed by atoms with van der Waals surface area (Å²) in [4.78, 5) is 10.5. The SMILES string of the molecule is CCn1ncc(Br)c1CC(C)C=O.